The van der Waals surface area contributed by atoms with Gasteiger partial charge in [0.2, 0.25) is 0 Å². The van der Waals surface area contributed by atoms with Gasteiger partial charge in [-0.05, 0) is 38.3 Å². The van der Waals surface area contributed by atoms with Crippen LogP contribution in [0.4, 0.5) is 4.79 Å². The van der Waals surface area contributed by atoms with Gasteiger partial charge in [0.25, 0.3) is 0 Å². The van der Waals surface area contributed by atoms with Gasteiger partial charge < -0.3 is 9.47 Å². The lowest BCUT2D eigenvalue weighted by Gasteiger charge is -2.36. The summed E-state index contributed by atoms with van der Waals surface area (Å²) in [6.45, 7) is 7.80. The highest BCUT2D eigenvalue weighted by Gasteiger charge is 2.37. The molecule has 4 nitrogen and oxygen atoms in total. The van der Waals surface area contributed by atoms with Gasteiger partial charge in [-0.25, -0.2) is 4.79 Å². The van der Waals surface area contributed by atoms with Crippen LogP contribution < -0.4 is 0 Å². The minimum atomic E-state index is -0.469. The standard InChI is InChI=1S/C17H23NO3/c1-17(2,3)21-16(19)18-7-5-4-6-12-8-13-10-20-11-14(13)9-15(12)18/h4-6,8,14-15H,7,9-11H2,1-3H3. The molecule has 2 unspecified atom stereocenters. The molecule has 1 saturated heterocycles. The molecular weight excluding hydrogens is 266 g/mol. The molecule has 114 valence electrons. The number of allylic oxidation sites excluding steroid dienone is 2. The normalized spacial score (nSPS) is 28.2. The van der Waals surface area contributed by atoms with Gasteiger partial charge in [0.1, 0.15) is 5.60 Å². The van der Waals surface area contributed by atoms with E-state index >= 15 is 0 Å². The van der Waals surface area contributed by atoms with Gasteiger partial charge >= 0.3 is 6.09 Å². The van der Waals surface area contributed by atoms with Crippen LogP contribution in [-0.2, 0) is 9.47 Å². The summed E-state index contributed by atoms with van der Waals surface area (Å²) in [4.78, 5) is 14.3. The molecule has 2 atom stereocenters. The third kappa shape index (κ3) is 3.05. The Morgan fingerprint density at radius 2 is 2.24 bits per heavy atom. The zero-order chi connectivity index (χ0) is 15.0. The fraction of sp³-hybridized carbons (Fsp3) is 0.588. The largest absolute Gasteiger partial charge is 0.444 e. The molecule has 21 heavy (non-hydrogen) atoms. The maximum atomic E-state index is 12.5. The van der Waals surface area contributed by atoms with Crippen molar-refractivity contribution in [2.24, 2.45) is 5.92 Å². The predicted octanol–water partition coefficient (Wildman–Crippen LogP) is 3.06. The summed E-state index contributed by atoms with van der Waals surface area (Å²) in [6.07, 6.45) is 9.05. The number of nitrogens with zero attached hydrogens (tertiary/aromatic N) is 1. The minimum Gasteiger partial charge on any atom is -0.444 e. The maximum Gasteiger partial charge on any atom is 0.411 e. The Kier molecular flexibility index (Phi) is 3.66. The molecule has 3 rings (SSSR count). The number of amides is 1. The number of carbonyl (C=O) groups excluding carboxylic acids is 1. The van der Waals surface area contributed by atoms with Crippen LogP contribution >= 0.6 is 0 Å². The fourth-order valence-corrected chi connectivity index (χ4v) is 3.11. The second-order valence-electron chi connectivity index (χ2n) is 6.91. The third-order valence-corrected chi connectivity index (χ3v) is 4.09. The first-order valence-electron chi connectivity index (χ1n) is 7.58. The van der Waals surface area contributed by atoms with Crippen LogP contribution in [0.2, 0.25) is 0 Å². The molecule has 0 aromatic rings. The van der Waals surface area contributed by atoms with Gasteiger partial charge in [-0.2, -0.15) is 0 Å². The summed E-state index contributed by atoms with van der Waals surface area (Å²) in [7, 11) is 0. The average Bonchev–Trinajstić information content (AvgIpc) is 2.72. The molecule has 0 spiro atoms. The molecule has 1 fully saturated rings. The molecule has 4 heteroatoms. The molecule has 0 aromatic carbocycles. The van der Waals surface area contributed by atoms with E-state index in [0.717, 1.165) is 19.6 Å². The Bertz CT molecular complexity index is 525. The number of hydrogen-bond donors (Lipinski definition) is 0. The lowest BCUT2D eigenvalue weighted by molar-refractivity contribution is 0.0199. The van der Waals surface area contributed by atoms with Crippen molar-refractivity contribution >= 4 is 6.09 Å². The van der Waals surface area contributed by atoms with Crippen molar-refractivity contribution in [1.82, 2.24) is 4.90 Å². The second-order valence-corrected chi connectivity index (χ2v) is 6.91. The van der Waals surface area contributed by atoms with Crippen molar-refractivity contribution in [2.45, 2.75) is 38.8 Å². The Morgan fingerprint density at radius 1 is 1.43 bits per heavy atom. The van der Waals surface area contributed by atoms with Gasteiger partial charge in [-0.1, -0.05) is 24.3 Å². The van der Waals surface area contributed by atoms with Gasteiger partial charge in [0.05, 0.1) is 19.3 Å². The van der Waals surface area contributed by atoms with E-state index in [-0.39, 0.29) is 12.1 Å². The first-order valence-corrected chi connectivity index (χ1v) is 7.58. The summed E-state index contributed by atoms with van der Waals surface area (Å²) in [5, 5.41) is 0. The highest BCUT2D eigenvalue weighted by Crippen LogP contribution is 2.36. The Labute approximate surface area is 126 Å². The predicted molar refractivity (Wildman–Crippen MR) is 81.0 cm³/mol. The number of hydrogen-bond acceptors (Lipinski definition) is 3. The lowest BCUT2D eigenvalue weighted by atomic mass is 9.83. The number of ether oxygens (including phenoxy) is 2. The Hall–Kier alpha value is -1.55. The van der Waals surface area contributed by atoms with Crippen LogP contribution in [0, 0.1) is 5.92 Å². The second kappa shape index (κ2) is 5.34. The highest BCUT2D eigenvalue weighted by molar-refractivity contribution is 5.70. The molecule has 0 aromatic heterocycles. The molecule has 0 bridgehead atoms. The van der Waals surface area contributed by atoms with Crippen molar-refractivity contribution < 1.29 is 14.3 Å². The van der Waals surface area contributed by atoms with Gasteiger partial charge in [-0.15, -0.1) is 0 Å². The minimum absolute atomic E-state index is 0.0882. The summed E-state index contributed by atoms with van der Waals surface area (Å²) < 4.78 is 11.1. The molecule has 1 aliphatic carbocycles. The highest BCUT2D eigenvalue weighted by atomic mass is 16.6. The van der Waals surface area contributed by atoms with Crippen molar-refractivity contribution in [3.63, 3.8) is 0 Å². The molecule has 1 amide bonds. The maximum absolute atomic E-state index is 12.5. The van der Waals surface area contributed by atoms with E-state index < -0.39 is 5.60 Å². The number of fused-ring (bicyclic) bond motifs is 2. The summed E-state index contributed by atoms with van der Waals surface area (Å²) >= 11 is 0. The fourth-order valence-electron chi connectivity index (χ4n) is 3.11. The SMILES string of the molecule is CC(C)(C)OC(=O)N1CC=CC=C2C=C3COCC3CC21. The van der Waals surface area contributed by atoms with Gasteiger partial charge in [0.15, 0.2) is 0 Å². The summed E-state index contributed by atoms with van der Waals surface area (Å²) in [5.74, 6) is 0.440. The zero-order valence-electron chi connectivity index (χ0n) is 13.0. The van der Waals surface area contributed by atoms with E-state index in [9.17, 15) is 4.79 Å². The van der Waals surface area contributed by atoms with E-state index in [0.29, 0.717) is 12.5 Å². The molecule has 2 heterocycles. The van der Waals surface area contributed by atoms with Crippen LogP contribution in [0.1, 0.15) is 27.2 Å². The van der Waals surface area contributed by atoms with Gasteiger partial charge in [0, 0.05) is 12.5 Å². The zero-order valence-corrected chi connectivity index (χ0v) is 13.0. The average molecular weight is 289 g/mol. The summed E-state index contributed by atoms with van der Waals surface area (Å²) in [6, 6.07) is 0.0882. The van der Waals surface area contributed by atoms with E-state index in [2.05, 4.69) is 12.2 Å². The molecular formula is C17H23NO3. The van der Waals surface area contributed by atoms with E-state index in [1.807, 2.05) is 37.8 Å². The monoisotopic (exact) mass is 289 g/mol. The van der Waals surface area contributed by atoms with Crippen LogP contribution in [0.3, 0.4) is 0 Å². The molecule has 0 radical (unpaired) electrons. The van der Waals surface area contributed by atoms with Crippen LogP contribution in [0.25, 0.3) is 0 Å². The Morgan fingerprint density at radius 3 is 3.00 bits per heavy atom. The number of carbonyl (C=O) groups is 1. The van der Waals surface area contributed by atoms with Crippen LogP contribution in [0.15, 0.2) is 35.5 Å². The Balaban J connectivity index is 1.84. The van der Waals surface area contributed by atoms with Crippen molar-refractivity contribution in [3.8, 4) is 0 Å². The van der Waals surface area contributed by atoms with Crippen molar-refractivity contribution in [1.29, 1.82) is 0 Å². The van der Waals surface area contributed by atoms with Crippen LogP contribution in [-0.4, -0.2) is 42.4 Å². The van der Waals surface area contributed by atoms with Crippen LogP contribution in [0.5, 0.6) is 0 Å². The molecule has 3 aliphatic rings. The first-order chi connectivity index (χ1) is 9.94. The van der Waals surface area contributed by atoms with Crippen molar-refractivity contribution in [3.05, 3.63) is 35.5 Å². The smallest absolute Gasteiger partial charge is 0.411 e. The summed E-state index contributed by atoms with van der Waals surface area (Å²) in [5.41, 5.74) is 2.08. The van der Waals surface area contributed by atoms with Gasteiger partial charge in [-0.3, -0.25) is 4.90 Å². The van der Waals surface area contributed by atoms with Crippen molar-refractivity contribution in [2.75, 3.05) is 19.8 Å². The quantitative estimate of drug-likeness (QED) is 0.688. The van der Waals surface area contributed by atoms with E-state index in [1.54, 1.807) is 0 Å². The third-order valence-electron chi connectivity index (χ3n) is 4.09. The van der Waals surface area contributed by atoms with E-state index in [4.69, 9.17) is 9.47 Å². The number of rotatable bonds is 0. The topological polar surface area (TPSA) is 38.8 Å². The van der Waals surface area contributed by atoms with E-state index in [1.165, 1.54) is 11.1 Å². The lowest BCUT2D eigenvalue weighted by Crippen LogP contribution is -2.45. The first kappa shape index (κ1) is 14.4. The molecule has 0 saturated carbocycles. The molecule has 2 aliphatic heterocycles. The molecule has 0 N–H and O–H groups in total.